The molecule has 2 aromatic rings. The molecule has 0 aliphatic heterocycles. The van der Waals surface area contributed by atoms with Crippen LogP contribution >= 0.6 is 0 Å². The van der Waals surface area contributed by atoms with Crippen molar-refractivity contribution in [1.29, 1.82) is 5.26 Å². The summed E-state index contributed by atoms with van der Waals surface area (Å²) in [5.74, 6) is -0.669. The second kappa shape index (κ2) is 9.55. The number of nitrogens with one attached hydrogen (secondary N) is 2. The van der Waals surface area contributed by atoms with Crippen LogP contribution in [0.5, 0.6) is 0 Å². The maximum absolute atomic E-state index is 12.7. The number of fused-ring (bicyclic) bond motifs is 1. The van der Waals surface area contributed by atoms with Crippen LogP contribution in [0.3, 0.4) is 0 Å². The first-order chi connectivity index (χ1) is 13.4. The third-order valence-electron chi connectivity index (χ3n) is 4.09. The summed E-state index contributed by atoms with van der Waals surface area (Å²) in [6.45, 7) is 5.72. The molecule has 2 amide bonds. The van der Waals surface area contributed by atoms with Crippen LogP contribution < -0.4 is 10.6 Å². The molecule has 1 heterocycles. The fraction of sp³-hybridized carbons (Fsp3) is 0.400. The molecular weight excluding hydrogens is 360 g/mol. The zero-order valence-electron chi connectivity index (χ0n) is 16.2. The highest BCUT2D eigenvalue weighted by Crippen LogP contribution is 2.18. The lowest BCUT2D eigenvalue weighted by Crippen LogP contribution is -2.47. The first kappa shape index (κ1) is 21.0. The predicted octanol–water partition coefficient (Wildman–Crippen LogP) is 2.43. The fourth-order valence-corrected chi connectivity index (χ4v) is 2.82. The Balaban J connectivity index is 2.24. The zero-order chi connectivity index (χ0) is 20.7. The topological polar surface area (TPSA) is 113 Å². The van der Waals surface area contributed by atoms with Crippen LogP contribution in [-0.2, 0) is 9.53 Å². The van der Waals surface area contributed by atoms with Crippen molar-refractivity contribution in [2.45, 2.75) is 33.2 Å². The Hall–Kier alpha value is -3.34. The van der Waals surface area contributed by atoms with E-state index in [0.29, 0.717) is 17.5 Å². The molecule has 0 aliphatic carbocycles. The van der Waals surface area contributed by atoms with Gasteiger partial charge in [-0.25, -0.2) is 4.79 Å². The number of carbonyl (C=O) groups is 3. The fourth-order valence-electron chi connectivity index (χ4n) is 2.82. The minimum Gasteiger partial charge on any atom is -0.449 e. The lowest BCUT2D eigenvalue weighted by Gasteiger charge is -2.19. The van der Waals surface area contributed by atoms with Gasteiger partial charge in [0.25, 0.3) is 5.91 Å². The average Bonchev–Trinajstić information content (AvgIpc) is 3.08. The summed E-state index contributed by atoms with van der Waals surface area (Å²) < 4.78 is 6.35. The van der Waals surface area contributed by atoms with E-state index in [1.807, 2.05) is 19.9 Å². The van der Waals surface area contributed by atoms with Gasteiger partial charge in [0.2, 0.25) is 5.91 Å². The first-order valence-electron chi connectivity index (χ1n) is 9.11. The highest BCUT2D eigenvalue weighted by molar-refractivity contribution is 6.01. The van der Waals surface area contributed by atoms with Crippen molar-refractivity contribution in [3.8, 4) is 6.07 Å². The van der Waals surface area contributed by atoms with Crippen LogP contribution in [0.25, 0.3) is 10.9 Å². The Labute approximate surface area is 163 Å². The van der Waals surface area contributed by atoms with Gasteiger partial charge in [-0.2, -0.15) is 5.26 Å². The Bertz CT molecular complexity index is 911. The summed E-state index contributed by atoms with van der Waals surface area (Å²) in [6, 6.07) is 7.79. The van der Waals surface area contributed by atoms with E-state index in [-0.39, 0.29) is 19.1 Å². The zero-order valence-corrected chi connectivity index (χ0v) is 16.2. The molecule has 0 aliphatic rings. The van der Waals surface area contributed by atoms with Crippen molar-refractivity contribution >= 4 is 28.8 Å². The molecule has 0 saturated heterocycles. The van der Waals surface area contributed by atoms with Gasteiger partial charge < -0.3 is 15.4 Å². The van der Waals surface area contributed by atoms with Gasteiger partial charge in [0.15, 0.2) is 0 Å². The van der Waals surface area contributed by atoms with Gasteiger partial charge >= 0.3 is 6.09 Å². The Morgan fingerprint density at radius 1 is 1.25 bits per heavy atom. The monoisotopic (exact) mass is 384 g/mol. The summed E-state index contributed by atoms with van der Waals surface area (Å²) in [7, 11) is 0. The molecule has 0 radical (unpaired) electrons. The number of amides is 2. The van der Waals surface area contributed by atoms with Crippen molar-refractivity contribution in [2.24, 2.45) is 5.92 Å². The summed E-state index contributed by atoms with van der Waals surface area (Å²) >= 11 is 0. The maximum Gasteiger partial charge on any atom is 0.418 e. The van der Waals surface area contributed by atoms with Gasteiger partial charge in [0, 0.05) is 17.1 Å². The first-order valence-corrected chi connectivity index (χ1v) is 9.11. The van der Waals surface area contributed by atoms with E-state index in [0.717, 1.165) is 5.39 Å². The van der Waals surface area contributed by atoms with E-state index >= 15 is 0 Å². The van der Waals surface area contributed by atoms with E-state index in [4.69, 9.17) is 10.00 Å². The summed E-state index contributed by atoms with van der Waals surface area (Å²) in [5.41, 5.74) is 0.860. The van der Waals surface area contributed by atoms with Gasteiger partial charge in [-0.3, -0.25) is 14.2 Å². The van der Waals surface area contributed by atoms with Crippen molar-refractivity contribution < 1.29 is 19.1 Å². The molecule has 2 rings (SSSR count). The molecule has 1 atom stereocenters. The Kier molecular flexibility index (Phi) is 7.15. The molecule has 8 nitrogen and oxygen atoms in total. The highest BCUT2D eigenvalue weighted by Gasteiger charge is 2.22. The van der Waals surface area contributed by atoms with Crippen LogP contribution in [0, 0.1) is 17.2 Å². The van der Waals surface area contributed by atoms with Crippen LogP contribution in [0.4, 0.5) is 4.79 Å². The molecule has 2 N–H and O–H groups in total. The molecule has 1 aromatic carbocycles. The number of nitrogens with zero attached hydrogens (tertiary/aromatic N) is 2. The SMILES string of the molecule is CCOC(=O)n1ccc2ccc(C(=O)NC(CC(C)C)C(=O)NCC#N)cc21. The second-order valence-corrected chi connectivity index (χ2v) is 6.69. The summed E-state index contributed by atoms with van der Waals surface area (Å²) in [4.78, 5) is 37.0. The number of rotatable bonds is 7. The molecule has 0 bridgehead atoms. The highest BCUT2D eigenvalue weighted by atomic mass is 16.5. The van der Waals surface area contributed by atoms with Crippen LogP contribution in [0.15, 0.2) is 30.5 Å². The van der Waals surface area contributed by atoms with Gasteiger partial charge in [0.1, 0.15) is 12.6 Å². The third kappa shape index (κ3) is 5.10. The average molecular weight is 384 g/mol. The molecule has 1 aromatic heterocycles. The second-order valence-electron chi connectivity index (χ2n) is 6.69. The Morgan fingerprint density at radius 3 is 2.64 bits per heavy atom. The van der Waals surface area contributed by atoms with E-state index in [2.05, 4.69) is 10.6 Å². The minimum absolute atomic E-state index is 0.123. The number of carbonyl (C=O) groups excluding carboxylic acids is 3. The normalized spacial score (nSPS) is 11.7. The quantitative estimate of drug-likeness (QED) is 0.712. The molecule has 0 fully saturated rings. The molecule has 8 heteroatoms. The lowest BCUT2D eigenvalue weighted by molar-refractivity contribution is -0.123. The van der Waals surface area contributed by atoms with Gasteiger partial charge in [-0.1, -0.05) is 19.9 Å². The Morgan fingerprint density at radius 2 is 2.00 bits per heavy atom. The summed E-state index contributed by atoms with van der Waals surface area (Å²) in [5, 5.41) is 14.6. The van der Waals surface area contributed by atoms with Crippen molar-refractivity contribution in [2.75, 3.05) is 13.2 Å². The van der Waals surface area contributed by atoms with E-state index < -0.39 is 23.9 Å². The van der Waals surface area contributed by atoms with E-state index in [1.165, 1.54) is 4.57 Å². The molecule has 1 unspecified atom stereocenters. The smallest absolute Gasteiger partial charge is 0.418 e. The molecule has 0 spiro atoms. The number of hydrogen-bond donors (Lipinski definition) is 2. The number of benzene rings is 1. The van der Waals surface area contributed by atoms with E-state index in [1.54, 1.807) is 37.4 Å². The molecule has 148 valence electrons. The standard InChI is InChI=1S/C20H24N4O4/c1-4-28-20(27)24-10-7-14-5-6-15(12-17(14)24)18(25)23-16(11-13(2)3)19(26)22-9-8-21/h5-7,10,12-13,16H,4,9,11H2,1-3H3,(H,22,26)(H,23,25). The number of ether oxygens (including phenoxy) is 1. The van der Waals surface area contributed by atoms with Gasteiger partial charge in [-0.05, 0) is 37.5 Å². The number of hydrogen-bond acceptors (Lipinski definition) is 5. The lowest BCUT2D eigenvalue weighted by atomic mass is 10.0. The van der Waals surface area contributed by atoms with Crippen LogP contribution in [0.2, 0.25) is 0 Å². The molecule has 28 heavy (non-hydrogen) atoms. The minimum atomic E-state index is -0.756. The summed E-state index contributed by atoms with van der Waals surface area (Å²) in [6.07, 6.45) is 1.50. The number of nitriles is 1. The van der Waals surface area contributed by atoms with Gasteiger partial charge in [0.05, 0.1) is 18.2 Å². The van der Waals surface area contributed by atoms with Crippen LogP contribution in [0.1, 0.15) is 37.6 Å². The predicted molar refractivity (Wildman–Crippen MR) is 104 cm³/mol. The van der Waals surface area contributed by atoms with Crippen molar-refractivity contribution in [3.63, 3.8) is 0 Å². The molecular formula is C20H24N4O4. The molecule has 0 saturated carbocycles. The van der Waals surface area contributed by atoms with E-state index in [9.17, 15) is 14.4 Å². The van der Waals surface area contributed by atoms with Crippen molar-refractivity contribution in [3.05, 3.63) is 36.0 Å². The van der Waals surface area contributed by atoms with Gasteiger partial charge in [-0.15, -0.1) is 0 Å². The van der Waals surface area contributed by atoms with Crippen LogP contribution in [-0.4, -0.2) is 41.7 Å². The maximum atomic E-state index is 12.7. The van der Waals surface area contributed by atoms with Crippen molar-refractivity contribution in [1.82, 2.24) is 15.2 Å². The number of aromatic nitrogens is 1. The largest absolute Gasteiger partial charge is 0.449 e. The third-order valence-corrected chi connectivity index (χ3v) is 4.09.